The van der Waals surface area contributed by atoms with Crippen molar-refractivity contribution in [3.05, 3.63) is 29.8 Å². The van der Waals surface area contributed by atoms with Crippen molar-refractivity contribution in [1.82, 2.24) is 0 Å². The molecule has 4 N–H and O–H groups in total. The summed E-state index contributed by atoms with van der Waals surface area (Å²) < 4.78 is 12.3. The first-order valence-electron chi connectivity index (χ1n) is 8.00. The minimum atomic E-state index is -3.76. The first kappa shape index (κ1) is 21.2. The minimum Gasteiger partial charge on any atom is -0.481 e. The summed E-state index contributed by atoms with van der Waals surface area (Å²) in [5, 5.41) is 20.6. The molecule has 0 aliphatic rings. The number of carbonyl (C=O) groups is 2. The van der Waals surface area contributed by atoms with Crippen molar-refractivity contribution in [2.45, 2.75) is 39.0 Å². The summed E-state index contributed by atoms with van der Waals surface area (Å²) in [5.41, 5.74) is 1.80. The molecule has 1 aromatic rings. The Morgan fingerprint density at radius 1 is 1.16 bits per heavy atom. The second kappa shape index (κ2) is 8.50. The van der Waals surface area contributed by atoms with Crippen molar-refractivity contribution in [1.29, 1.82) is 0 Å². The van der Waals surface area contributed by atoms with Gasteiger partial charge in [-0.2, -0.15) is 0 Å². The minimum absolute atomic E-state index is 0.00362. The van der Waals surface area contributed by atoms with Crippen LogP contribution < -0.4 is 5.32 Å². The van der Waals surface area contributed by atoms with E-state index in [2.05, 4.69) is 26.1 Å². The number of carboxylic acid groups (broad SMARTS) is 2. The average Bonchev–Trinajstić information content (AvgIpc) is 2.48. The molecule has 0 saturated heterocycles. The van der Waals surface area contributed by atoms with Gasteiger partial charge in [0, 0.05) is 18.3 Å². The van der Waals surface area contributed by atoms with E-state index in [0.717, 1.165) is 5.56 Å². The largest absolute Gasteiger partial charge is 0.481 e. The van der Waals surface area contributed by atoms with Crippen LogP contribution in [0.4, 0.5) is 5.69 Å². The summed E-state index contributed by atoms with van der Waals surface area (Å²) >= 11 is 0. The molecule has 0 spiro atoms. The highest BCUT2D eigenvalue weighted by atomic mass is 31.2. The monoisotopic (exact) mass is 371 g/mol. The van der Waals surface area contributed by atoms with Gasteiger partial charge in [0.1, 0.15) is 0 Å². The average molecular weight is 371 g/mol. The van der Waals surface area contributed by atoms with Gasteiger partial charge in [-0.05, 0) is 29.5 Å². The number of rotatable bonds is 9. The Morgan fingerprint density at radius 3 is 2.16 bits per heavy atom. The lowest BCUT2D eigenvalue weighted by molar-refractivity contribution is -0.142. The van der Waals surface area contributed by atoms with E-state index in [-0.39, 0.29) is 24.5 Å². The molecule has 8 heteroatoms. The molecule has 0 aliphatic heterocycles. The Kier molecular flexibility index (Phi) is 7.20. The molecule has 1 rings (SSSR count). The lowest BCUT2D eigenvalue weighted by atomic mass is 9.87. The number of nitrogens with one attached hydrogen (secondary N) is 1. The molecule has 25 heavy (non-hydrogen) atoms. The molecular weight excluding hydrogens is 345 g/mol. The molecule has 0 bridgehead atoms. The summed E-state index contributed by atoms with van der Waals surface area (Å²) in [6.45, 7) is 6.25. The Morgan fingerprint density at radius 2 is 1.72 bits per heavy atom. The molecule has 140 valence electrons. The summed E-state index contributed by atoms with van der Waals surface area (Å²) in [6, 6.07) is 7.47. The zero-order valence-corrected chi connectivity index (χ0v) is 15.6. The van der Waals surface area contributed by atoms with E-state index in [1.807, 2.05) is 12.1 Å². The van der Waals surface area contributed by atoms with Crippen molar-refractivity contribution in [3.8, 4) is 0 Å². The van der Waals surface area contributed by atoms with E-state index in [4.69, 9.17) is 10.2 Å². The predicted molar refractivity (Wildman–Crippen MR) is 96.3 cm³/mol. The Bertz CT molecular complexity index is 650. The Labute approximate surface area is 147 Å². The van der Waals surface area contributed by atoms with Crippen molar-refractivity contribution in [3.63, 3.8) is 0 Å². The highest BCUT2D eigenvalue weighted by Gasteiger charge is 2.29. The number of hydrogen-bond donors (Lipinski definition) is 4. The number of hydrogen-bond acceptors (Lipinski definition) is 4. The lowest BCUT2D eigenvalue weighted by Gasteiger charge is -2.20. The van der Waals surface area contributed by atoms with Crippen molar-refractivity contribution < 1.29 is 29.3 Å². The van der Waals surface area contributed by atoms with Crippen molar-refractivity contribution in [2.24, 2.45) is 5.92 Å². The second-order valence-electron chi connectivity index (χ2n) is 7.16. The Balaban J connectivity index is 2.66. The summed E-state index contributed by atoms with van der Waals surface area (Å²) in [4.78, 5) is 31.7. The van der Waals surface area contributed by atoms with Crippen LogP contribution in [0.5, 0.6) is 0 Å². The second-order valence-corrected chi connectivity index (χ2v) is 9.53. The normalized spacial score (nSPS) is 15.2. The van der Waals surface area contributed by atoms with Crippen molar-refractivity contribution in [2.75, 3.05) is 17.8 Å². The van der Waals surface area contributed by atoms with Crippen LogP contribution in [0.3, 0.4) is 0 Å². The molecule has 2 atom stereocenters. The van der Waals surface area contributed by atoms with Gasteiger partial charge in [-0.25, -0.2) is 0 Å². The number of aliphatic carboxylic acids is 2. The Hall–Kier alpha value is -1.85. The molecule has 0 radical (unpaired) electrons. The fourth-order valence-electron chi connectivity index (χ4n) is 2.30. The van der Waals surface area contributed by atoms with Gasteiger partial charge in [0.25, 0.3) is 0 Å². The van der Waals surface area contributed by atoms with Crippen LogP contribution in [0, 0.1) is 5.92 Å². The first-order valence-corrected chi connectivity index (χ1v) is 10.0. The molecular formula is C17H26NO6P. The van der Waals surface area contributed by atoms with E-state index in [9.17, 15) is 19.0 Å². The molecule has 0 heterocycles. The predicted octanol–water partition coefficient (Wildman–Crippen LogP) is 3.19. The van der Waals surface area contributed by atoms with E-state index < -0.39 is 31.4 Å². The maximum absolute atomic E-state index is 12.3. The number of benzene rings is 1. The van der Waals surface area contributed by atoms with Gasteiger partial charge < -0.3 is 20.4 Å². The van der Waals surface area contributed by atoms with Gasteiger partial charge >= 0.3 is 11.9 Å². The smallest absolute Gasteiger partial charge is 0.307 e. The third-order valence-electron chi connectivity index (χ3n) is 3.84. The van der Waals surface area contributed by atoms with Crippen LogP contribution >= 0.6 is 7.37 Å². The van der Waals surface area contributed by atoms with Crippen LogP contribution in [0.2, 0.25) is 0 Å². The van der Waals surface area contributed by atoms with E-state index in [1.54, 1.807) is 12.1 Å². The van der Waals surface area contributed by atoms with E-state index >= 15 is 0 Å². The van der Waals surface area contributed by atoms with Crippen LogP contribution in [0.1, 0.15) is 39.2 Å². The molecule has 0 saturated carbocycles. The van der Waals surface area contributed by atoms with Crippen LogP contribution in [0.15, 0.2) is 24.3 Å². The summed E-state index contributed by atoms with van der Waals surface area (Å²) in [6.07, 6.45) is -1.24. The number of carboxylic acids is 2. The maximum atomic E-state index is 12.3. The molecule has 2 unspecified atom stereocenters. The summed E-state index contributed by atoms with van der Waals surface area (Å²) in [5.74, 6) is -3.54. The summed E-state index contributed by atoms with van der Waals surface area (Å²) in [7, 11) is -3.76. The van der Waals surface area contributed by atoms with E-state index in [0.29, 0.717) is 5.69 Å². The van der Waals surface area contributed by atoms with Gasteiger partial charge in [-0.15, -0.1) is 0 Å². The third-order valence-corrected chi connectivity index (χ3v) is 5.51. The van der Waals surface area contributed by atoms with Crippen LogP contribution in [-0.4, -0.2) is 39.5 Å². The van der Waals surface area contributed by atoms with Gasteiger partial charge in [-0.1, -0.05) is 32.9 Å². The highest BCUT2D eigenvalue weighted by molar-refractivity contribution is 7.58. The zero-order chi connectivity index (χ0) is 19.3. The van der Waals surface area contributed by atoms with Gasteiger partial charge in [0.2, 0.25) is 7.37 Å². The first-order chi connectivity index (χ1) is 11.4. The SMILES string of the molecule is CC(C)(C)c1ccc(NCP(=O)(O)CC(CCC(=O)O)C(=O)O)cc1. The van der Waals surface area contributed by atoms with Gasteiger partial charge in [0.15, 0.2) is 0 Å². The number of anilines is 1. The topological polar surface area (TPSA) is 124 Å². The fourth-order valence-corrected chi connectivity index (χ4v) is 3.89. The molecule has 0 aromatic heterocycles. The standard InChI is InChI=1S/C17H26NO6P/c1-17(2,3)13-5-7-14(8-6-13)18-11-25(23,24)10-12(16(21)22)4-9-15(19)20/h5-8,12,18H,4,9-11H2,1-3H3,(H,19,20)(H,21,22)(H,23,24). The molecule has 1 aromatic carbocycles. The zero-order valence-electron chi connectivity index (χ0n) is 14.7. The molecule has 0 amide bonds. The lowest BCUT2D eigenvalue weighted by Crippen LogP contribution is -2.21. The third kappa shape index (κ3) is 7.71. The molecule has 0 fully saturated rings. The molecule has 0 aliphatic carbocycles. The van der Waals surface area contributed by atoms with E-state index in [1.165, 1.54) is 0 Å². The van der Waals surface area contributed by atoms with Gasteiger partial charge in [0.05, 0.1) is 12.2 Å². The van der Waals surface area contributed by atoms with Crippen LogP contribution in [0.25, 0.3) is 0 Å². The fraction of sp³-hybridized carbons (Fsp3) is 0.529. The quantitative estimate of drug-likeness (QED) is 0.491. The van der Waals surface area contributed by atoms with Crippen molar-refractivity contribution >= 4 is 25.0 Å². The van der Waals surface area contributed by atoms with Crippen LogP contribution in [-0.2, 0) is 19.6 Å². The maximum Gasteiger partial charge on any atom is 0.307 e. The van der Waals surface area contributed by atoms with Gasteiger partial charge in [-0.3, -0.25) is 14.2 Å². The highest BCUT2D eigenvalue weighted by Crippen LogP contribution is 2.43. The molecule has 7 nitrogen and oxygen atoms in total.